The van der Waals surface area contributed by atoms with E-state index in [2.05, 4.69) is 0 Å². The molecule has 1 atom stereocenters. The van der Waals surface area contributed by atoms with Crippen LogP contribution in [0.3, 0.4) is 0 Å². The number of carboxylic acid groups (broad SMARTS) is 1. The summed E-state index contributed by atoms with van der Waals surface area (Å²) < 4.78 is 5.53. The number of carboxylic acids is 1. The Balaban J connectivity index is 2.35. The van der Waals surface area contributed by atoms with Crippen molar-refractivity contribution in [2.24, 2.45) is 0 Å². The van der Waals surface area contributed by atoms with Crippen molar-refractivity contribution in [3.63, 3.8) is 0 Å². The number of benzene rings is 1. The van der Waals surface area contributed by atoms with Gasteiger partial charge in [-0.1, -0.05) is 11.6 Å². The number of nitrogens with zero attached hydrogens (tertiary/aromatic N) is 1. The largest absolute Gasteiger partial charge is 0.494 e. The lowest BCUT2D eigenvalue weighted by Gasteiger charge is -2.21. The fraction of sp³-hybridized carbons (Fsp3) is 0.467. The molecule has 0 spiro atoms. The van der Waals surface area contributed by atoms with Crippen molar-refractivity contribution in [2.75, 3.05) is 13.7 Å². The lowest BCUT2D eigenvalue weighted by atomic mass is 10.2. The highest BCUT2D eigenvalue weighted by molar-refractivity contribution is 6.31. The molecule has 1 N–H and O–H groups in total. The summed E-state index contributed by atoms with van der Waals surface area (Å²) in [6.45, 7) is 3.76. The molecule has 0 fully saturated rings. The highest BCUT2D eigenvalue weighted by Crippen LogP contribution is 2.21. The first kappa shape index (κ1) is 17.3. The van der Waals surface area contributed by atoms with Gasteiger partial charge in [-0.25, -0.2) is 4.79 Å². The summed E-state index contributed by atoms with van der Waals surface area (Å²) in [6, 6.07) is 4.55. The van der Waals surface area contributed by atoms with Crippen molar-refractivity contribution in [2.45, 2.75) is 32.7 Å². The minimum Gasteiger partial charge on any atom is -0.494 e. The molecule has 6 heteroatoms. The molecule has 0 heterocycles. The molecule has 5 nitrogen and oxygen atoms in total. The van der Waals surface area contributed by atoms with Crippen LogP contribution in [0.15, 0.2) is 18.2 Å². The molecule has 0 saturated carbocycles. The lowest BCUT2D eigenvalue weighted by Crippen LogP contribution is -2.40. The third-order valence-electron chi connectivity index (χ3n) is 3.26. The Morgan fingerprint density at radius 1 is 1.43 bits per heavy atom. The minimum absolute atomic E-state index is 0.208. The van der Waals surface area contributed by atoms with Gasteiger partial charge in [0.2, 0.25) is 5.91 Å². The predicted molar refractivity (Wildman–Crippen MR) is 80.8 cm³/mol. The summed E-state index contributed by atoms with van der Waals surface area (Å²) >= 11 is 5.92. The van der Waals surface area contributed by atoms with Gasteiger partial charge in [0, 0.05) is 18.5 Å². The minimum atomic E-state index is -1.02. The zero-order valence-electron chi connectivity index (χ0n) is 12.4. The van der Waals surface area contributed by atoms with Crippen LogP contribution >= 0.6 is 11.6 Å². The van der Waals surface area contributed by atoms with E-state index in [-0.39, 0.29) is 12.3 Å². The monoisotopic (exact) mass is 313 g/mol. The third-order valence-corrected chi connectivity index (χ3v) is 3.69. The van der Waals surface area contributed by atoms with Gasteiger partial charge in [-0.3, -0.25) is 4.79 Å². The molecule has 1 rings (SSSR count). The van der Waals surface area contributed by atoms with Crippen LogP contribution in [0.5, 0.6) is 5.75 Å². The topological polar surface area (TPSA) is 66.8 Å². The number of ether oxygens (including phenoxy) is 1. The summed E-state index contributed by atoms with van der Waals surface area (Å²) in [5.74, 6) is -0.517. The molecule has 1 amide bonds. The van der Waals surface area contributed by atoms with Gasteiger partial charge in [0.15, 0.2) is 0 Å². The first-order valence-electron chi connectivity index (χ1n) is 6.70. The van der Waals surface area contributed by atoms with Gasteiger partial charge < -0.3 is 14.7 Å². The van der Waals surface area contributed by atoms with Crippen LogP contribution in [-0.4, -0.2) is 41.6 Å². The van der Waals surface area contributed by atoms with Gasteiger partial charge >= 0.3 is 5.97 Å². The molecule has 0 bridgehead atoms. The molecule has 0 aliphatic rings. The summed E-state index contributed by atoms with van der Waals surface area (Å²) in [7, 11) is 1.49. The number of rotatable bonds is 7. The van der Waals surface area contributed by atoms with Crippen LogP contribution in [0.2, 0.25) is 5.02 Å². The summed E-state index contributed by atoms with van der Waals surface area (Å²) in [5, 5.41) is 9.52. The van der Waals surface area contributed by atoms with E-state index in [4.69, 9.17) is 21.4 Å². The number of aryl methyl sites for hydroxylation is 1. The van der Waals surface area contributed by atoms with Crippen LogP contribution in [0.25, 0.3) is 0 Å². The second kappa shape index (κ2) is 7.88. The zero-order valence-corrected chi connectivity index (χ0v) is 13.2. The standard InChI is InChI=1S/C15H20ClNO4/c1-10-9-12(6-7-13(10)16)21-8-4-5-14(18)17(3)11(2)15(19)20/h6-7,9,11H,4-5,8H2,1-3H3,(H,19,20). The highest BCUT2D eigenvalue weighted by Gasteiger charge is 2.20. The molecule has 1 unspecified atom stereocenters. The van der Waals surface area contributed by atoms with Crippen LogP contribution in [0, 0.1) is 6.92 Å². The Labute approximate surface area is 129 Å². The molecule has 0 aliphatic heterocycles. The molecule has 0 aromatic heterocycles. The highest BCUT2D eigenvalue weighted by atomic mass is 35.5. The third kappa shape index (κ3) is 5.27. The maximum absolute atomic E-state index is 11.8. The fourth-order valence-corrected chi connectivity index (χ4v) is 1.80. The molecule has 1 aromatic rings. The van der Waals surface area contributed by atoms with Crippen molar-refractivity contribution in [1.29, 1.82) is 0 Å². The second-order valence-electron chi connectivity index (χ2n) is 4.88. The van der Waals surface area contributed by atoms with Crippen molar-refractivity contribution in [1.82, 2.24) is 4.90 Å². The Kier molecular flexibility index (Phi) is 6.49. The Morgan fingerprint density at radius 3 is 2.67 bits per heavy atom. The Morgan fingerprint density at radius 2 is 2.10 bits per heavy atom. The average molecular weight is 314 g/mol. The molecule has 0 aliphatic carbocycles. The summed E-state index contributed by atoms with van der Waals surface area (Å²) in [5.41, 5.74) is 0.931. The van der Waals surface area contributed by atoms with E-state index in [1.165, 1.54) is 18.9 Å². The maximum Gasteiger partial charge on any atom is 0.326 e. The van der Waals surface area contributed by atoms with Gasteiger partial charge in [-0.05, 0) is 44.0 Å². The van der Waals surface area contributed by atoms with Crippen LogP contribution in [0.1, 0.15) is 25.3 Å². The maximum atomic E-state index is 11.8. The molecular formula is C15H20ClNO4. The first-order chi connectivity index (χ1) is 9.82. The van der Waals surface area contributed by atoms with E-state index in [0.717, 1.165) is 5.56 Å². The number of amides is 1. The Bertz CT molecular complexity index is 518. The number of carbonyl (C=O) groups is 2. The Hall–Kier alpha value is -1.75. The van der Waals surface area contributed by atoms with E-state index in [1.54, 1.807) is 12.1 Å². The van der Waals surface area contributed by atoms with Crippen LogP contribution in [0.4, 0.5) is 0 Å². The van der Waals surface area contributed by atoms with E-state index < -0.39 is 12.0 Å². The van der Waals surface area contributed by atoms with Gasteiger partial charge in [-0.2, -0.15) is 0 Å². The van der Waals surface area contributed by atoms with Gasteiger partial charge in [0.05, 0.1) is 6.61 Å². The summed E-state index contributed by atoms with van der Waals surface area (Å²) in [6.07, 6.45) is 0.776. The second-order valence-corrected chi connectivity index (χ2v) is 5.29. The van der Waals surface area contributed by atoms with E-state index in [1.807, 2.05) is 13.0 Å². The van der Waals surface area contributed by atoms with Crippen molar-refractivity contribution < 1.29 is 19.4 Å². The number of hydrogen-bond donors (Lipinski definition) is 1. The van der Waals surface area contributed by atoms with Crippen molar-refractivity contribution >= 4 is 23.5 Å². The SMILES string of the molecule is Cc1cc(OCCCC(=O)N(C)C(C)C(=O)O)ccc1Cl. The van der Waals surface area contributed by atoms with Crippen molar-refractivity contribution in [3.05, 3.63) is 28.8 Å². The lowest BCUT2D eigenvalue weighted by molar-refractivity contribution is -0.148. The number of halogens is 1. The summed E-state index contributed by atoms with van der Waals surface area (Å²) in [4.78, 5) is 23.8. The first-order valence-corrected chi connectivity index (χ1v) is 7.08. The number of aliphatic carboxylic acids is 1. The van der Waals surface area contributed by atoms with Gasteiger partial charge in [-0.15, -0.1) is 0 Å². The average Bonchev–Trinajstić information content (AvgIpc) is 2.45. The van der Waals surface area contributed by atoms with Gasteiger partial charge in [0.1, 0.15) is 11.8 Å². The molecule has 0 radical (unpaired) electrons. The molecule has 1 aromatic carbocycles. The quantitative estimate of drug-likeness (QED) is 0.786. The molecule has 0 saturated heterocycles. The van der Waals surface area contributed by atoms with Crippen LogP contribution < -0.4 is 4.74 Å². The number of hydrogen-bond acceptors (Lipinski definition) is 3. The van der Waals surface area contributed by atoms with E-state index in [9.17, 15) is 9.59 Å². The smallest absolute Gasteiger partial charge is 0.326 e. The van der Waals surface area contributed by atoms with Crippen molar-refractivity contribution in [3.8, 4) is 5.75 Å². The molecule has 116 valence electrons. The predicted octanol–water partition coefficient (Wildman–Crippen LogP) is 2.74. The number of likely N-dealkylation sites (N-methyl/N-ethyl adjacent to an activating group) is 1. The normalized spacial score (nSPS) is 11.8. The molecular weight excluding hydrogens is 294 g/mol. The van der Waals surface area contributed by atoms with E-state index in [0.29, 0.717) is 23.8 Å². The van der Waals surface area contributed by atoms with E-state index >= 15 is 0 Å². The van der Waals surface area contributed by atoms with Gasteiger partial charge in [0.25, 0.3) is 0 Å². The zero-order chi connectivity index (χ0) is 16.0. The fourth-order valence-electron chi connectivity index (χ4n) is 1.68. The van der Waals surface area contributed by atoms with Crippen LogP contribution in [-0.2, 0) is 9.59 Å². The number of carbonyl (C=O) groups excluding carboxylic acids is 1. The molecule has 21 heavy (non-hydrogen) atoms.